The molecule has 0 fully saturated rings. The van der Waals surface area contributed by atoms with Crippen molar-refractivity contribution < 1.29 is 0 Å². The third-order valence-electron chi connectivity index (χ3n) is 2.40. The molecule has 0 aliphatic rings. The lowest BCUT2D eigenvalue weighted by Crippen LogP contribution is -2.14. The molecular weight excluding hydrogens is 192 g/mol. The zero-order chi connectivity index (χ0) is 10.8. The maximum atomic E-state index is 6.28. The molecule has 0 aliphatic heterocycles. The zero-order valence-corrected chi connectivity index (χ0v) is 10.2. The summed E-state index contributed by atoms with van der Waals surface area (Å²) in [6, 6.07) is 9.21. The predicted molar refractivity (Wildman–Crippen MR) is 62.9 cm³/mol. The fraction of sp³-hybridized carbons (Fsp3) is 0.538. The smallest absolute Gasteiger partial charge is 0.0585 e. The summed E-state index contributed by atoms with van der Waals surface area (Å²) in [5, 5.41) is 0.113. The van der Waals surface area contributed by atoms with Crippen molar-refractivity contribution in [1.29, 1.82) is 0 Å². The van der Waals surface area contributed by atoms with Gasteiger partial charge in [-0.05, 0) is 35.1 Å². The highest BCUT2D eigenvalue weighted by atomic mass is 35.5. The Hall–Kier alpha value is -0.490. The minimum atomic E-state index is 0.113. The second kappa shape index (κ2) is 4.35. The van der Waals surface area contributed by atoms with Gasteiger partial charge < -0.3 is 0 Å². The van der Waals surface area contributed by atoms with E-state index in [-0.39, 0.29) is 10.8 Å². The Morgan fingerprint density at radius 3 is 2.57 bits per heavy atom. The van der Waals surface area contributed by atoms with Crippen LogP contribution >= 0.6 is 11.6 Å². The lowest BCUT2D eigenvalue weighted by Gasteiger charge is -2.24. The molecule has 0 saturated heterocycles. The Balaban J connectivity index is 3.16. The van der Waals surface area contributed by atoms with Crippen molar-refractivity contribution in [3.63, 3.8) is 0 Å². The second-order valence-corrected chi connectivity index (χ2v) is 5.17. The molecule has 14 heavy (non-hydrogen) atoms. The molecular formula is C13H18Cl. The van der Waals surface area contributed by atoms with Crippen LogP contribution in [0.25, 0.3) is 0 Å². The largest absolute Gasteiger partial charge is 0.118 e. The van der Waals surface area contributed by atoms with Crippen molar-refractivity contribution in [3.05, 3.63) is 35.4 Å². The van der Waals surface area contributed by atoms with Crippen molar-refractivity contribution in [3.8, 4) is 0 Å². The van der Waals surface area contributed by atoms with Crippen LogP contribution in [0.15, 0.2) is 18.2 Å². The lowest BCUT2D eigenvalue weighted by molar-refractivity contribution is 0.580. The Labute approximate surface area is 92.3 Å². The van der Waals surface area contributed by atoms with Crippen LogP contribution in [-0.2, 0) is 5.41 Å². The molecule has 1 aromatic carbocycles. The van der Waals surface area contributed by atoms with E-state index < -0.39 is 0 Å². The van der Waals surface area contributed by atoms with E-state index in [1.165, 1.54) is 11.1 Å². The van der Waals surface area contributed by atoms with Crippen molar-refractivity contribution in [1.82, 2.24) is 0 Å². The Morgan fingerprint density at radius 1 is 1.43 bits per heavy atom. The van der Waals surface area contributed by atoms with E-state index in [1.807, 2.05) is 12.1 Å². The molecule has 0 bridgehead atoms. The molecule has 0 amide bonds. The first-order chi connectivity index (χ1) is 6.46. The van der Waals surface area contributed by atoms with E-state index in [9.17, 15) is 0 Å². The standard InChI is InChI=1S/C13H18Cl/c1-5-12(14)10-8-6-7-9-11(10)13(2,3)4/h7-9,12H,5H2,1-4H3/t12-/m1/s1. The van der Waals surface area contributed by atoms with Gasteiger partial charge in [0.2, 0.25) is 0 Å². The molecule has 0 N–H and O–H groups in total. The molecule has 0 heterocycles. The van der Waals surface area contributed by atoms with Crippen molar-refractivity contribution in [2.75, 3.05) is 0 Å². The van der Waals surface area contributed by atoms with Gasteiger partial charge in [-0.1, -0.05) is 39.8 Å². The van der Waals surface area contributed by atoms with Crippen LogP contribution in [0.3, 0.4) is 0 Å². The van der Waals surface area contributed by atoms with Crippen LogP contribution in [0.4, 0.5) is 0 Å². The van der Waals surface area contributed by atoms with Gasteiger partial charge in [0.25, 0.3) is 0 Å². The highest BCUT2D eigenvalue weighted by Gasteiger charge is 2.20. The number of hydrogen-bond donors (Lipinski definition) is 0. The summed E-state index contributed by atoms with van der Waals surface area (Å²) in [7, 11) is 0. The monoisotopic (exact) mass is 209 g/mol. The van der Waals surface area contributed by atoms with Gasteiger partial charge in [-0.3, -0.25) is 0 Å². The van der Waals surface area contributed by atoms with Gasteiger partial charge in [0, 0.05) is 0 Å². The predicted octanol–water partition coefficient (Wildman–Crippen LogP) is 4.47. The SMILES string of the molecule is CC[C@@H](Cl)c1c[c]ccc1C(C)(C)C. The van der Waals surface area contributed by atoms with Crippen LogP contribution in [0, 0.1) is 6.07 Å². The van der Waals surface area contributed by atoms with E-state index in [1.54, 1.807) is 0 Å². The van der Waals surface area contributed by atoms with E-state index in [0.717, 1.165) is 6.42 Å². The highest BCUT2D eigenvalue weighted by molar-refractivity contribution is 6.20. The number of halogens is 1. The first-order valence-corrected chi connectivity index (χ1v) is 5.55. The number of alkyl halides is 1. The van der Waals surface area contributed by atoms with Crippen molar-refractivity contribution in [2.24, 2.45) is 0 Å². The molecule has 0 unspecified atom stereocenters. The summed E-state index contributed by atoms with van der Waals surface area (Å²) in [6.07, 6.45) is 0.961. The van der Waals surface area contributed by atoms with Gasteiger partial charge in [0.1, 0.15) is 0 Å². The normalized spacial score (nSPS) is 14.1. The Bertz CT molecular complexity index is 296. The number of hydrogen-bond acceptors (Lipinski definition) is 0. The summed E-state index contributed by atoms with van der Waals surface area (Å²) in [5.41, 5.74) is 2.72. The van der Waals surface area contributed by atoms with E-state index >= 15 is 0 Å². The van der Waals surface area contributed by atoms with Crippen molar-refractivity contribution >= 4 is 11.6 Å². The van der Waals surface area contributed by atoms with Crippen LogP contribution < -0.4 is 0 Å². The summed E-state index contributed by atoms with van der Waals surface area (Å²) in [5.74, 6) is 0. The van der Waals surface area contributed by atoms with E-state index in [2.05, 4.69) is 39.8 Å². The minimum absolute atomic E-state index is 0.113. The van der Waals surface area contributed by atoms with Gasteiger partial charge in [-0.15, -0.1) is 11.6 Å². The highest BCUT2D eigenvalue weighted by Crippen LogP contribution is 2.33. The third-order valence-corrected chi connectivity index (χ3v) is 2.94. The summed E-state index contributed by atoms with van der Waals surface area (Å²) in [4.78, 5) is 0. The van der Waals surface area contributed by atoms with Gasteiger partial charge in [0.05, 0.1) is 5.38 Å². The molecule has 0 aliphatic carbocycles. The number of benzene rings is 1. The molecule has 77 valence electrons. The fourth-order valence-electron chi connectivity index (χ4n) is 1.61. The summed E-state index contributed by atoms with van der Waals surface area (Å²) >= 11 is 6.28. The quantitative estimate of drug-likeness (QED) is 0.631. The first-order valence-electron chi connectivity index (χ1n) is 5.11. The van der Waals surface area contributed by atoms with E-state index in [0.29, 0.717) is 0 Å². The summed E-state index contributed by atoms with van der Waals surface area (Å²) < 4.78 is 0. The average Bonchev–Trinajstić information content (AvgIpc) is 2.15. The minimum Gasteiger partial charge on any atom is -0.118 e. The maximum absolute atomic E-state index is 6.28. The van der Waals surface area contributed by atoms with Crippen LogP contribution in [0.2, 0.25) is 0 Å². The van der Waals surface area contributed by atoms with Crippen LogP contribution in [-0.4, -0.2) is 0 Å². The van der Waals surface area contributed by atoms with Gasteiger partial charge in [0.15, 0.2) is 0 Å². The molecule has 0 spiro atoms. The molecule has 0 aromatic heterocycles. The first kappa shape index (κ1) is 11.6. The molecule has 1 aromatic rings. The fourth-order valence-corrected chi connectivity index (χ4v) is 1.79. The molecule has 0 nitrogen and oxygen atoms in total. The number of rotatable bonds is 2. The molecule has 1 atom stereocenters. The van der Waals surface area contributed by atoms with Crippen LogP contribution in [0.5, 0.6) is 0 Å². The Morgan fingerprint density at radius 2 is 2.07 bits per heavy atom. The third kappa shape index (κ3) is 2.51. The molecule has 1 heteroatoms. The van der Waals surface area contributed by atoms with Crippen molar-refractivity contribution in [2.45, 2.75) is 44.9 Å². The topological polar surface area (TPSA) is 0 Å². The second-order valence-electron chi connectivity index (χ2n) is 4.64. The molecule has 0 saturated carbocycles. The lowest BCUT2D eigenvalue weighted by atomic mass is 9.82. The molecule has 1 rings (SSSR count). The maximum Gasteiger partial charge on any atom is 0.0585 e. The Kier molecular flexibility index (Phi) is 3.60. The summed E-state index contributed by atoms with van der Waals surface area (Å²) in [6.45, 7) is 8.75. The van der Waals surface area contributed by atoms with Gasteiger partial charge >= 0.3 is 0 Å². The average molecular weight is 210 g/mol. The zero-order valence-electron chi connectivity index (χ0n) is 9.39. The van der Waals surface area contributed by atoms with E-state index in [4.69, 9.17) is 11.6 Å². The van der Waals surface area contributed by atoms with Crippen LogP contribution in [0.1, 0.15) is 50.6 Å². The van der Waals surface area contributed by atoms with Gasteiger partial charge in [-0.2, -0.15) is 0 Å². The van der Waals surface area contributed by atoms with Gasteiger partial charge in [-0.25, -0.2) is 0 Å². The molecule has 1 radical (unpaired) electrons.